The van der Waals surface area contributed by atoms with E-state index in [2.05, 4.69) is 20.8 Å². The number of carbonyl (C=O) groups excluding carboxylic acids is 1. The van der Waals surface area contributed by atoms with Gasteiger partial charge in [-0.1, -0.05) is 42.0 Å². The fourth-order valence-corrected chi connectivity index (χ4v) is 3.32. The van der Waals surface area contributed by atoms with Crippen LogP contribution < -0.4 is 10.1 Å². The second kappa shape index (κ2) is 8.79. The van der Waals surface area contributed by atoms with Crippen LogP contribution in [0.5, 0.6) is 5.75 Å². The van der Waals surface area contributed by atoms with Gasteiger partial charge in [-0.15, -0.1) is 5.10 Å². The highest BCUT2D eigenvalue weighted by atomic mass is 16.5. The van der Waals surface area contributed by atoms with Crippen LogP contribution in [0.3, 0.4) is 0 Å². The number of aromatic nitrogens is 4. The molecule has 0 saturated heterocycles. The summed E-state index contributed by atoms with van der Waals surface area (Å²) in [6.45, 7) is 3.99. The molecule has 4 rings (SSSR count). The van der Waals surface area contributed by atoms with Gasteiger partial charge in [0.25, 0.3) is 5.91 Å². The van der Waals surface area contributed by atoms with Crippen LogP contribution in [-0.2, 0) is 0 Å². The van der Waals surface area contributed by atoms with Crippen molar-refractivity contribution in [2.75, 3.05) is 7.11 Å². The highest BCUT2D eigenvalue weighted by Crippen LogP contribution is 2.25. The quantitative estimate of drug-likeness (QED) is 0.514. The number of methoxy groups -OCH3 is 1. The molecule has 1 heterocycles. The van der Waals surface area contributed by atoms with Gasteiger partial charge in [0.1, 0.15) is 12.1 Å². The fourth-order valence-electron chi connectivity index (χ4n) is 3.32. The van der Waals surface area contributed by atoms with E-state index in [-0.39, 0.29) is 11.9 Å². The van der Waals surface area contributed by atoms with Gasteiger partial charge in [-0.05, 0) is 71.3 Å². The van der Waals surface area contributed by atoms with Crippen molar-refractivity contribution in [1.82, 2.24) is 25.5 Å². The molecule has 0 fully saturated rings. The largest absolute Gasteiger partial charge is 0.497 e. The summed E-state index contributed by atoms with van der Waals surface area (Å²) in [5, 5.41) is 14.5. The number of hydrogen-bond acceptors (Lipinski definition) is 5. The van der Waals surface area contributed by atoms with Crippen LogP contribution in [0.15, 0.2) is 73.1 Å². The average molecular weight is 413 g/mol. The van der Waals surface area contributed by atoms with Crippen molar-refractivity contribution in [3.8, 4) is 22.6 Å². The zero-order chi connectivity index (χ0) is 21.8. The van der Waals surface area contributed by atoms with E-state index in [9.17, 15) is 4.79 Å². The third-order valence-electron chi connectivity index (χ3n) is 5.14. The smallest absolute Gasteiger partial charge is 0.251 e. The molecule has 0 radical (unpaired) electrons. The van der Waals surface area contributed by atoms with Gasteiger partial charge in [0.15, 0.2) is 0 Å². The molecule has 1 aromatic heterocycles. The first kappa shape index (κ1) is 20.3. The molecule has 1 N–H and O–H groups in total. The number of benzene rings is 3. The number of rotatable bonds is 6. The monoisotopic (exact) mass is 413 g/mol. The minimum atomic E-state index is -0.174. The van der Waals surface area contributed by atoms with Gasteiger partial charge in [0.2, 0.25) is 0 Å². The molecule has 156 valence electrons. The van der Waals surface area contributed by atoms with E-state index >= 15 is 0 Å². The van der Waals surface area contributed by atoms with E-state index in [1.165, 1.54) is 11.9 Å². The number of aryl methyl sites for hydroxylation is 1. The Kier molecular flexibility index (Phi) is 5.75. The van der Waals surface area contributed by atoms with Crippen molar-refractivity contribution in [3.63, 3.8) is 0 Å². The summed E-state index contributed by atoms with van der Waals surface area (Å²) in [7, 11) is 1.63. The molecule has 0 aliphatic rings. The predicted molar refractivity (Wildman–Crippen MR) is 118 cm³/mol. The molecule has 0 aliphatic carbocycles. The molecular weight excluding hydrogens is 390 g/mol. The van der Waals surface area contributed by atoms with Crippen molar-refractivity contribution >= 4 is 5.91 Å². The standard InChI is InChI=1S/C24H23N5O2/c1-16-4-6-19(7-5-16)20-12-21(14-22(13-20)29-15-25-27-28-29)24(30)26-17(2)18-8-10-23(31-3)11-9-18/h4-15,17H,1-3H3,(H,26,30)/t17-/m0/s1. The van der Waals surface area contributed by atoms with E-state index < -0.39 is 0 Å². The number of ether oxygens (including phenoxy) is 1. The molecule has 4 aromatic rings. The predicted octanol–water partition coefficient (Wildman–Crippen LogP) is 4.14. The van der Waals surface area contributed by atoms with Crippen LogP contribution in [0.4, 0.5) is 0 Å². The van der Waals surface area contributed by atoms with Gasteiger partial charge in [-0.25, -0.2) is 4.68 Å². The number of nitrogens with zero attached hydrogens (tertiary/aromatic N) is 4. The summed E-state index contributed by atoms with van der Waals surface area (Å²) in [6.07, 6.45) is 1.51. The average Bonchev–Trinajstić information content (AvgIpc) is 3.34. The van der Waals surface area contributed by atoms with Crippen molar-refractivity contribution < 1.29 is 9.53 Å². The van der Waals surface area contributed by atoms with Crippen LogP contribution >= 0.6 is 0 Å². The van der Waals surface area contributed by atoms with Gasteiger partial charge in [0.05, 0.1) is 18.8 Å². The number of hydrogen-bond donors (Lipinski definition) is 1. The van der Waals surface area contributed by atoms with E-state index in [1.54, 1.807) is 17.9 Å². The first-order chi connectivity index (χ1) is 15.0. The normalized spacial score (nSPS) is 11.7. The van der Waals surface area contributed by atoms with Crippen LogP contribution in [0.2, 0.25) is 0 Å². The number of nitrogens with one attached hydrogen (secondary N) is 1. The van der Waals surface area contributed by atoms with Gasteiger partial charge in [0, 0.05) is 5.56 Å². The Morgan fingerprint density at radius 2 is 1.74 bits per heavy atom. The first-order valence-electron chi connectivity index (χ1n) is 9.94. The lowest BCUT2D eigenvalue weighted by Crippen LogP contribution is -2.26. The Morgan fingerprint density at radius 1 is 1.00 bits per heavy atom. The van der Waals surface area contributed by atoms with Gasteiger partial charge in [-0.2, -0.15) is 0 Å². The lowest BCUT2D eigenvalue weighted by Gasteiger charge is -2.16. The number of tetrazole rings is 1. The molecule has 0 bridgehead atoms. The molecule has 31 heavy (non-hydrogen) atoms. The van der Waals surface area contributed by atoms with Gasteiger partial charge < -0.3 is 10.1 Å². The maximum atomic E-state index is 13.1. The van der Waals surface area contributed by atoms with Crippen LogP contribution in [0.1, 0.15) is 34.5 Å². The van der Waals surface area contributed by atoms with E-state index in [1.807, 2.05) is 74.5 Å². The molecule has 0 unspecified atom stereocenters. The number of carbonyl (C=O) groups is 1. The Hall–Kier alpha value is -4.00. The summed E-state index contributed by atoms with van der Waals surface area (Å²) in [6, 6.07) is 21.3. The Balaban J connectivity index is 1.65. The maximum Gasteiger partial charge on any atom is 0.251 e. The van der Waals surface area contributed by atoms with E-state index in [0.717, 1.165) is 22.4 Å². The summed E-state index contributed by atoms with van der Waals surface area (Å²) < 4.78 is 6.75. The molecule has 1 amide bonds. The van der Waals surface area contributed by atoms with Crippen molar-refractivity contribution in [2.45, 2.75) is 19.9 Å². The van der Waals surface area contributed by atoms with Crippen LogP contribution in [0, 0.1) is 6.92 Å². The SMILES string of the molecule is COc1ccc([C@H](C)NC(=O)c2cc(-c3ccc(C)cc3)cc(-n3cnnn3)c2)cc1. The highest BCUT2D eigenvalue weighted by Gasteiger charge is 2.15. The lowest BCUT2D eigenvalue weighted by atomic mass is 10.00. The zero-order valence-corrected chi connectivity index (χ0v) is 17.6. The topological polar surface area (TPSA) is 81.9 Å². The summed E-state index contributed by atoms with van der Waals surface area (Å²) in [4.78, 5) is 13.1. The minimum Gasteiger partial charge on any atom is -0.497 e. The summed E-state index contributed by atoms with van der Waals surface area (Å²) >= 11 is 0. The molecule has 7 nitrogen and oxygen atoms in total. The summed E-state index contributed by atoms with van der Waals surface area (Å²) in [5.74, 6) is 0.603. The first-order valence-corrected chi connectivity index (χ1v) is 9.94. The molecule has 0 saturated carbocycles. The lowest BCUT2D eigenvalue weighted by molar-refractivity contribution is 0.0940. The molecule has 0 spiro atoms. The third-order valence-corrected chi connectivity index (χ3v) is 5.14. The van der Waals surface area contributed by atoms with Crippen molar-refractivity contribution in [3.05, 3.63) is 89.7 Å². The third kappa shape index (κ3) is 4.61. The van der Waals surface area contributed by atoms with Gasteiger partial charge >= 0.3 is 0 Å². The Bertz CT molecular complexity index is 1170. The minimum absolute atomic E-state index is 0.169. The molecule has 0 aliphatic heterocycles. The Morgan fingerprint density at radius 3 is 2.39 bits per heavy atom. The van der Waals surface area contributed by atoms with Crippen molar-refractivity contribution in [1.29, 1.82) is 0 Å². The van der Waals surface area contributed by atoms with Crippen LogP contribution in [-0.4, -0.2) is 33.2 Å². The fraction of sp³-hybridized carbons (Fsp3) is 0.167. The maximum absolute atomic E-state index is 13.1. The second-order valence-electron chi connectivity index (χ2n) is 7.36. The molecule has 3 aromatic carbocycles. The molecule has 1 atom stereocenters. The number of amides is 1. The highest BCUT2D eigenvalue weighted by molar-refractivity contribution is 5.96. The summed E-state index contributed by atoms with van der Waals surface area (Å²) in [5.41, 5.74) is 5.33. The molecular formula is C24H23N5O2. The zero-order valence-electron chi connectivity index (χ0n) is 17.6. The van der Waals surface area contributed by atoms with Crippen molar-refractivity contribution in [2.24, 2.45) is 0 Å². The Labute approximate surface area is 180 Å². The molecule has 7 heteroatoms. The van der Waals surface area contributed by atoms with E-state index in [4.69, 9.17) is 4.74 Å². The second-order valence-corrected chi connectivity index (χ2v) is 7.36. The van der Waals surface area contributed by atoms with E-state index in [0.29, 0.717) is 11.3 Å². The van der Waals surface area contributed by atoms with Gasteiger partial charge in [-0.3, -0.25) is 4.79 Å². The van der Waals surface area contributed by atoms with Crippen LogP contribution in [0.25, 0.3) is 16.8 Å².